The van der Waals surface area contributed by atoms with Crippen LogP contribution in [0.1, 0.15) is 238 Å². The van der Waals surface area contributed by atoms with E-state index in [4.69, 9.17) is 23.3 Å². The number of nitrogens with one attached hydrogen (secondary N) is 2. The zero-order valence-electron chi connectivity index (χ0n) is 46.0. The number of rotatable bonds is 48. The van der Waals surface area contributed by atoms with Gasteiger partial charge in [-0.3, -0.25) is 37.9 Å². The van der Waals surface area contributed by atoms with Gasteiger partial charge in [0.25, 0.3) is 0 Å². The van der Waals surface area contributed by atoms with E-state index < -0.39 is 45.2 Å². The van der Waals surface area contributed by atoms with Crippen LogP contribution in [0.15, 0.2) is 24.3 Å². The van der Waals surface area contributed by atoms with E-state index in [1.807, 2.05) is 12.1 Å². The van der Waals surface area contributed by atoms with E-state index in [1.54, 1.807) is 19.1 Å². The number of esters is 2. The number of ether oxygens (including phenoxy) is 3. The minimum absolute atomic E-state index is 0.0768. The van der Waals surface area contributed by atoms with Crippen molar-refractivity contribution < 1.29 is 61.5 Å². The molecule has 0 aliphatic carbocycles. The number of anilines is 1. The summed E-state index contributed by atoms with van der Waals surface area (Å²) >= 11 is 0. The summed E-state index contributed by atoms with van der Waals surface area (Å²) in [5, 5.41) is 5.08. The van der Waals surface area contributed by atoms with Crippen LogP contribution in [0, 0.1) is 5.92 Å². The first-order valence-electron chi connectivity index (χ1n) is 28.9. The third-order valence-corrected chi connectivity index (χ3v) is 14.3. The van der Waals surface area contributed by atoms with Crippen molar-refractivity contribution in [3.63, 3.8) is 0 Å². The summed E-state index contributed by atoms with van der Waals surface area (Å²) < 4.78 is 39.0. The highest BCUT2D eigenvalue weighted by Crippen LogP contribution is 2.43. The number of phosphoric ester groups is 1. The van der Waals surface area contributed by atoms with Crippen LogP contribution in [0.2, 0.25) is 0 Å². The van der Waals surface area contributed by atoms with E-state index in [0.717, 1.165) is 44.1 Å². The minimum Gasteiger partial charge on any atom is -0.462 e. The molecule has 4 amide bonds. The number of amides is 4. The molecule has 0 saturated carbocycles. The van der Waals surface area contributed by atoms with E-state index in [2.05, 4.69) is 24.5 Å². The second-order valence-electron chi connectivity index (χ2n) is 20.2. The van der Waals surface area contributed by atoms with E-state index in [0.29, 0.717) is 31.4 Å². The number of carbonyl (C=O) groups excluding carboxylic acids is 6. The van der Waals surface area contributed by atoms with Gasteiger partial charge in [0, 0.05) is 38.1 Å². The average molecular weight is 1060 g/mol. The Bertz CT molecular complexity index is 1730. The van der Waals surface area contributed by atoms with Gasteiger partial charge < -0.3 is 29.7 Å². The second-order valence-corrected chi connectivity index (χ2v) is 21.6. The molecular weight excluding hydrogens is 966 g/mol. The fourth-order valence-electron chi connectivity index (χ4n) is 8.87. The van der Waals surface area contributed by atoms with Crippen LogP contribution >= 0.6 is 7.82 Å². The first-order chi connectivity index (χ1) is 35.8. The number of hydrogen-bond donors (Lipinski definition) is 3. The molecule has 2 unspecified atom stereocenters. The minimum atomic E-state index is -4.67. The van der Waals surface area contributed by atoms with Crippen molar-refractivity contribution >= 4 is 49.3 Å². The summed E-state index contributed by atoms with van der Waals surface area (Å²) in [5.74, 6) is -1.91. The van der Waals surface area contributed by atoms with Crippen LogP contribution in [0.25, 0.3) is 0 Å². The molecule has 3 atom stereocenters. The lowest BCUT2D eigenvalue weighted by molar-refractivity contribution is -0.161. The van der Waals surface area contributed by atoms with Crippen LogP contribution in [0.5, 0.6) is 0 Å². The molecule has 1 saturated heterocycles. The number of unbranched alkanes of at least 4 members (excludes halogenated alkanes) is 26. The molecule has 16 nitrogen and oxygen atoms in total. The Morgan fingerprint density at radius 1 is 0.595 bits per heavy atom. The van der Waals surface area contributed by atoms with Gasteiger partial charge >= 0.3 is 25.9 Å². The van der Waals surface area contributed by atoms with Crippen LogP contribution < -0.4 is 15.5 Å². The smallest absolute Gasteiger partial charge is 0.462 e. The summed E-state index contributed by atoms with van der Waals surface area (Å²) in [6.45, 7) is 4.69. The quantitative estimate of drug-likeness (QED) is 0.0182. The summed E-state index contributed by atoms with van der Waals surface area (Å²) in [4.78, 5) is 86.0. The molecular formula is C57H98N3O13P. The SMILES string of the molecule is CCCCCCCCCCCCCCCCC(=O)OC[C@H](COP(=O)(O)OCCNC(=O)OCCNC(=O)CCCc1ccc(N2C(=O)CC(C)C2=O)cc1)OC(=O)CCCCCCCCCCCCCCCC. The lowest BCUT2D eigenvalue weighted by Gasteiger charge is -2.20. The highest BCUT2D eigenvalue weighted by molar-refractivity contribution is 7.47. The van der Waals surface area contributed by atoms with Crippen molar-refractivity contribution in [2.75, 3.05) is 44.4 Å². The van der Waals surface area contributed by atoms with Crippen molar-refractivity contribution in [3.8, 4) is 0 Å². The van der Waals surface area contributed by atoms with Crippen LogP contribution in [-0.2, 0) is 58.2 Å². The Labute approximate surface area is 445 Å². The number of phosphoric acid groups is 1. The van der Waals surface area contributed by atoms with E-state index in [1.165, 1.54) is 133 Å². The number of nitrogens with zero attached hydrogens (tertiary/aromatic N) is 1. The number of carbonyl (C=O) groups is 6. The predicted molar refractivity (Wildman–Crippen MR) is 290 cm³/mol. The van der Waals surface area contributed by atoms with E-state index >= 15 is 0 Å². The molecule has 0 bridgehead atoms. The Morgan fingerprint density at radius 2 is 1.07 bits per heavy atom. The van der Waals surface area contributed by atoms with Crippen molar-refractivity contribution in [2.24, 2.45) is 5.92 Å². The van der Waals surface area contributed by atoms with Gasteiger partial charge in [0.15, 0.2) is 6.10 Å². The van der Waals surface area contributed by atoms with E-state index in [9.17, 15) is 38.2 Å². The van der Waals surface area contributed by atoms with Crippen molar-refractivity contribution in [1.29, 1.82) is 0 Å². The summed E-state index contributed by atoms with van der Waals surface area (Å²) in [7, 11) is -4.67. The monoisotopic (exact) mass is 1060 g/mol. The number of alkyl carbamates (subject to hydrolysis) is 1. The maximum Gasteiger partial charge on any atom is 0.472 e. The standard InChI is InChI=1S/C57H98N3O13P/c1-4-6-8-10-12-14-16-18-20-22-24-26-28-30-35-54(63)70-46-51(73-55(64)36-31-29-27-25-23-21-19-17-15-13-11-9-7-5-2)47-72-74(67,68)71-44-42-59-57(66)69-43-41-58-52(61)34-32-33-49-37-39-50(40-38-49)60-53(62)45-48(3)56(60)65/h37-40,48,51H,4-36,41-47H2,1-3H3,(H,58,61)(H,59,66)(H,67,68)/t48?,51-/m1/s1. The Hall–Kier alpha value is -3.85. The highest BCUT2D eigenvalue weighted by Gasteiger charge is 2.36. The van der Waals surface area contributed by atoms with Gasteiger partial charge in [0.2, 0.25) is 17.7 Å². The molecule has 0 spiro atoms. The third kappa shape index (κ3) is 34.7. The molecule has 2 rings (SSSR count). The topological polar surface area (TPSA) is 213 Å². The molecule has 424 valence electrons. The van der Waals surface area contributed by atoms with Gasteiger partial charge in [0.05, 0.1) is 25.4 Å². The number of benzene rings is 1. The summed E-state index contributed by atoms with van der Waals surface area (Å²) in [6, 6.07) is 7.13. The summed E-state index contributed by atoms with van der Waals surface area (Å²) in [5.41, 5.74) is 1.50. The van der Waals surface area contributed by atoms with Crippen molar-refractivity contribution in [2.45, 2.75) is 245 Å². The van der Waals surface area contributed by atoms with Gasteiger partial charge in [-0.25, -0.2) is 9.36 Å². The van der Waals surface area contributed by atoms with Crippen molar-refractivity contribution in [3.05, 3.63) is 29.8 Å². The molecule has 1 heterocycles. The number of imide groups is 1. The van der Waals surface area contributed by atoms with Crippen LogP contribution in [0.3, 0.4) is 0 Å². The fraction of sp³-hybridized carbons (Fsp3) is 0.789. The maximum atomic E-state index is 12.8. The molecule has 17 heteroatoms. The first-order valence-corrected chi connectivity index (χ1v) is 30.4. The van der Waals surface area contributed by atoms with Gasteiger partial charge in [0.1, 0.15) is 13.2 Å². The lowest BCUT2D eigenvalue weighted by atomic mass is 10.0. The molecule has 0 aromatic heterocycles. The normalized spacial score (nSPS) is 14.7. The Balaban J connectivity index is 1.64. The molecule has 1 aliphatic rings. The predicted octanol–water partition coefficient (Wildman–Crippen LogP) is 13.1. The van der Waals surface area contributed by atoms with Gasteiger partial charge in [-0.05, 0) is 43.4 Å². The molecule has 0 radical (unpaired) electrons. The lowest BCUT2D eigenvalue weighted by Crippen LogP contribution is -2.32. The first kappa shape index (κ1) is 66.3. The fourth-order valence-corrected chi connectivity index (χ4v) is 9.62. The number of hydrogen-bond acceptors (Lipinski definition) is 12. The Kier molecular flexibility index (Phi) is 38.7. The second kappa shape index (κ2) is 43.3. The Morgan fingerprint density at radius 3 is 1.55 bits per heavy atom. The van der Waals surface area contributed by atoms with Gasteiger partial charge in [-0.2, -0.15) is 0 Å². The molecule has 74 heavy (non-hydrogen) atoms. The largest absolute Gasteiger partial charge is 0.472 e. The van der Waals surface area contributed by atoms with Crippen molar-refractivity contribution in [1.82, 2.24) is 10.6 Å². The number of aryl methyl sites for hydroxylation is 1. The molecule has 1 aromatic rings. The van der Waals surface area contributed by atoms with Gasteiger partial charge in [-0.1, -0.05) is 200 Å². The summed E-state index contributed by atoms with van der Waals surface area (Å²) in [6.07, 6.45) is 33.5. The average Bonchev–Trinajstić information content (AvgIpc) is 3.64. The molecule has 1 aromatic carbocycles. The van der Waals surface area contributed by atoms with Gasteiger partial charge in [-0.15, -0.1) is 0 Å². The highest BCUT2D eigenvalue weighted by atomic mass is 31.2. The maximum absolute atomic E-state index is 12.8. The van der Waals surface area contributed by atoms with Crippen LogP contribution in [0.4, 0.5) is 10.5 Å². The van der Waals surface area contributed by atoms with Crippen LogP contribution in [-0.4, -0.2) is 86.3 Å². The zero-order chi connectivity index (χ0) is 53.9. The molecule has 3 N–H and O–H groups in total. The molecule has 1 fully saturated rings. The third-order valence-electron chi connectivity index (χ3n) is 13.3. The zero-order valence-corrected chi connectivity index (χ0v) is 46.9. The molecule has 1 aliphatic heterocycles. The van der Waals surface area contributed by atoms with E-state index in [-0.39, 0.29) is 75.6 Å².